The molecular weight excluding hydrogens is 260 g/mol. The number of hydrazone groups is 1. The van der Waals surface area contributed by atoms with Crippen LogP contribution >= 0.6 is 0 Å². The fraction of sp³-hybridized carbons (Fsp3) is 0.118. The highest BCUT2D eigenvalue weighted by atomic mass is 15.3. The van der Waals surface area contributed by atoms with Crippen LogP contribution in [0.25, 0.3) is 10.8 Å². The van der Waals surface area contributed by atoms with Gasteiger partial charge in [0.25, 0.3) is 0 Å². The lowest BCUT2D eigenvalue weighted by atomic mass is 10.1. The zero-order valence-corrected chi connectivity index (χ0v) is 12.0. The molecule has 0 atom stereocenters. The Bertz CT molecular complexity index is 783. The van der Waals surface area contributed by atoms with E-state index in [0.29, 0.717) is 5.95 Å². The second kappa shape index (κ2) is 5.71. The first-order chi connectivity index (χ1) is 10.2. The van der Waals surface area contributed by atoms with Crippen LogP contribution in [0.2, 0.25) is 0 Å². The largest absolute Gasteiger partial charge is 0.245 e. The molecule has 0 radical (unpaired) electrons. The molecule has 3 aromatic rings. The third-order valence-electron chi connectivity index (χ3n) is 3.17. The maximum atomic E-state index is 4.29. The molecule has 0 spiro atoms. The number of anilines is 1. The molecule has 104 valence electrons. The van der Waals surface area contributed by atoms with Crippen LogP contribution in [-0.4, -0.2) is 16.2 Å². The fourth-order valence-corrected chi connectivity index (χ4v) is 2.30. The molecule has 0 aliphatic carbocycles. The van der Waals surface area contributed by atoms with Crippen molar-refractivity contribution in [2.75, 3.05) is 5.43 Å². The fourth-order valence-electron chi connectivity index (χ4n) is 2.30. The van der Waals surface area contributed by atoms with E-state index in [1.807, 2.05) is 44.2 Å². The zero-order valence-electron chi connectivity index (χ0n) is 12.0. The van der Waals surface area contributed by atoms with E-state index >= 15 is 0 Å². The van der Waals surface area contributed by atoms with E-state index < -0.39 is 0 Å². The van der Waals surface area contributed by atoms with E-state index in [-0.39, 0.29) is 0 Å². The molecule has 0 fully saturated rings. The summed E-state index contributed by atoms with van der Waals surface area (Å²) in [6, 6.07) is 16.3. The van der Waals surface area contributed by atoms with Crippen LogP contribution in [-0.2, 0) is 0 Å². The van der Waals surface area contributed by atoms with Crippen LogP contribution in [0, 0.1) is 13.8 Å². The predicted molar refractivity (Wildman–Crippen MR) is 86.7 cm³/mol. The topological polar surface area (TPSA) is 50.2 Å². The Kier molecular flexibility index (Phi) is 3.60. The van der Waals surface area contributed by atoms with E-state index in [9.17, 15) is 0 Å². The van der Waals surface area contributed by atoms with Crippen LogP contribution in [0.5, 0.6) is 0 Å². The van der Waals surface area contributed by atoms with Gasteiger partial charge in [-0.15, -0.1) is 0 Å². The van der Waals surface area contributed by atoms with Crippen molar-refractivity contribution >= 4 is 22.9 Å². The molecule has 0 aliphatic rings. The highest BCUT2D eigenvalue weighted by Gasteiger charge is 1.99. The summed E-state index contributed by atoms with van der Waals surface area (Å²) in [4.78, 5) is 8.58. The minimum absolute atomic E-state index is 0.518. The molecule has 0 bridgehead atoms. The van der Waals surface area contributed by atoms with Gasteiger partial charge in [0, 0.05) is 17.0 Å². The quantitative estimate of drug-likeness (QED) is 0.586. The van der Waals surface area contributed by atoms with Crippen LogP contribution in [0.3, 0.4) is 0 Å². The number of aromatic nitrogens is 2. The molecule has 1 N–H and O–H groups in total. The number of aryl methyl sites for hydroxylation is 2. The van der Waals surface area contributed by atoms with Crippen LogP contribution in [0.4, 0.5) is 5.95 Å². The summed E-state index contributed by atoms with van der Waals surface area (Å²) >= 11 is 0. The normalized spacial score (nSPS) is 11.1. The van der Waals surface area contributed by atoms with Crippen molar-refractivity contribution in [3.63, 3.8) is 0 Å². The summed E-state index contributed by atoms with van der Waals surface area (Å²) in [5.74, 6) is 0.518. The van der Waals surface area contributed by atoms with Gasteiger partial charge in [0.15, 0.2) is 0 Å². The number of benzene rings is 2. The molecule has 1 aromatic heterocycles. The maximum Gasteiger partial charge on any atom is 0.243 e. The average Bonchev–Trinajstić information content (AvgIpc) is 2.46. The third-order valence-corrected chi connectivity index (χ3v) is 3.17. The Hall–Kier alpha value is -2.75. The van der Waals surface area contributed by atoms with Crippen molar-refractivity contribution < 1.29 is 0 Å². The number of rotatable bonds is 3. The summed E-state index contributed by atoms with van der Waals surface area (Å²) < 4.78 is 0. The van der Waals surface area contributed by atoms with Crippen LogP contribution < -0.4 is 5.43 Å². The number of fused-ring (bicyclic) bond motifs is 1. The summed E-state index contributed by atoms with van der Waals surface area (Å²) in [6.07, 6.45) is 1.80. The van der Waals surface area contributed by atoms with Gasteiger partial charge in [0.05, 0.1) is 6.21 Å². The van der Waals surface area contributed by atoms with Crippen molar-refractivity contribution in [2.45, 2.75) is 13.8 Å². The Morgan fingerprint density at radius 2 is 1.67 bits per heavy atom. The lowest BCUT2D eigenvalue weighted by Gasteiger charge is -2.03. The van der Waals surface area contributed by atoms with Crippen molar-refractivity contribution in [3.05, 3.63) is 65.5 Å². The predicted octanol–water partition coefficient (Wildman–Crippen LogP) is 3.69. The Morgan fingerprint density at radius 1 is 0.952 bits per heavy atom. The smallest absolute Gasteiger partial charge is 0.243 e. The van der Waals surface area contributed by atoms with E-state index in [1.165, 1.54) is 10.8 Å². The number of nitrogens with one attached hydrogen (secondary N) is 1. The number of nitrogens with zero attached hydrogens (tertiary/aromatic N) is 3. The van der Waals surface area contributed by atoms with E-state index in [2.05, 4.69) is 38.7 Å². The van der Waals surface area contributed by atoms with E-state index in [4.69, 9.17) is 0 Å². The molecule has 1 heterocycles. The molecule has 0 aliphatic heterocycles. The van der Waals surface area contributed by atoms with Crippen molar-refractivity contribution in [3.8, 4) is 0 Å². The Balaban J connectivity index is 1.85. The molecule has 2 aromatic carbocycles. The zero-order chi connectivity index (χ0) is 14.7. The van der Waals surface area contributed by atoms with Crippen molar-refractivity contribution in [1.82, 2.24) is 9.97 Å². The van der Waals surface area contributed by atoms with Crippen molar-refractivity contribution in [1.29, 1.82) is 0 Å². The summed E-state index contributed by atoms with van der Waals surface area (Å²) in [5, 5.41) is 6.62. The van der Waals surface area contributed by atoms with Gasteiger partial charge in [-0.25, -0.2) is 15.4 Å². The monoisotopic (exact) mass is 276 g/mol. The highest BCUT2D eigenvalue weighted by Crippen LogP contribution is 2.16. The van der Waals surface area contributed by atoms with Crippen LogP contribution in [0.15, 0.2) is 53.6 Å². The number of hydrogen-bond donors (Lipinski definition) is 1. The van der Waals surface area contributed by atoms with Crippen molar-refractivity contribution in [2.24, 2.45) is 5.10 Å². The molecule has 0 saturated carbocycles. The first-order valence-electron chi connectivity index (χ1n) is 6.81. The molecule has 21 heavy (non-hydrogen) atoms. The lowest BCUT2D eigenvalue weighted by molar-refractivity contribution is 1.04. The third kappa shape index (κ3) is 3.05. The summed E-state index contributed by atoms with van der Waals surface area (Å²) in [6.45, 7) is 3.88. The van der Waals surface area contributed by atoms with E-state index in [0.717, 1.165) is 17.0 Å². The van der Waals surface area contributed by atoms with Gasteiger partial charge < -0.3 is 0 Å². The second-order valence-electron chi connectivity index (χ2n) is 4.91. The highest BCUT2D eigenvalue weighted by molar-refractivity contribution is 5.99. The average molecular weight is 276 g/mol. The van der Waals surface area contributed by atoms with Gasteiger partial charge in [-0.2, -0.15) is 5.10 Å². The molecular formula is C17H16N4. The molecule has 0 unspecified atom stereocenters. The van der Waals surface area contributed by atoms with E-state index in [1.54, 1.807) is 6.21 Å². The minimum atomic E-state index is 0.518. The van der Waals surface area contributed by atoms with Gasteiger partial charge in [-0.3, -0.25) is 0 Å². The van der Waals surface area contributed by atoms with Crippen LogP contribution in [0.1, 0.15) is 17.0 Å². The maximum absolute atomic E-state index is 4.29. The lowest BCUT2D eigenvalue weighted by Crippen LogP contribution is -1.99. The molecule has 3 rings (SSSR count). The second-order valence-corrected chi connectivity index (χ2v) is 4.91. The SMILES string of the molecule is Cc1cc(C)nc(N/N=C\c2cccc3ccccc23)n1. The molecule has 0 saturated heterocycles. The number of hydrogen-bond acceptors (Lipinski definition) is 4. The standard InChI is InChI=1S/C17H16N4/c1-12-10-13(2)20-17(19-12)21-18-11-15-8-5-7-14-6-3-4-9-16(14)15/h3-11H,1-2H3,(H,19,20,21)/b18-11-. The van der Waals surface area contributed by atoms with Gasteiger partial charge in [0.1, 0.15) is 0 Å². The Morgan fingerprint density at radius 3 is 2.48 bits per heavy atom. The van der Waals surface area contributed by atoms with Gasteiger partial charge in [-0.1, -0.05) is 42.5 Å². The molecule has 4 nitrogen and oxygen atoms in total. The van der Waals surface area contributed by atoms with Gasteiger partial charge >= 0.3 is 0 Å². The van der Waals surface area contributed by atoms with Gasteiger partial charge in [0.2, 0.25) is 5.95 Å². The summed E-state index contributed by atoms with van der Waals surface area (Å²) in [7, 11) is 0. The van der Waals surface area contributed by atoms with Gasteiger partial charge in [-0.05, 0) is 30.7 Å². The summed E-state index contributed by atoms with van der Waals surface area (Å²) in [5.41, 5.74) is 5.79. The molecule has 0 amide bonds. The first kappa shape index (κ1) is 13.2. The first-order valence-corrected chi connectivity index (χ1v) is 6.81. The minimum Gasteiger partial charge on any atom is -0.245 e. The molecule has 4 heteroatoms. The Labute approximate surface area is 123 Å².